The summed E-state index contributed by atoms with van der Waals surface area (Å²) >= 11 is 0. The third kappa shape index (κ3) is 5.37. The van der Waals surface area contributed by atoms with Gasteiger partial charge in [-0.2, -0.15) is 0 Å². The Kier molecular flexibility index (Phi) is 7.39. The van der Waals surface area contributed by atoms with E-state index < -0.39 is 0 Å². The maximum absolute atomic E-state index is 3.73. The van der Waals surface area contributed by atoms with Gasteiger partial charge in [-0.1, -0.05) is 48.6 Å². The van der Waals surface area contributed by atoms with E-state index in [0.29, 0.717) is 0 Å². The van der Waals surface area contributed by atoms with Crippen LogP contribution >= 0.6 is 0 Å². The molecule has 116 valence electrons. The van der Waals surface area contributed by atoms with Crippen LogP contribution in [0.1, 0.15) is 33.4 Å². The lowest BCUT2D eigenvalue weighted by Gasteiger charge is -2.04. The molecule has 0 aromatic heterocycles. The number of aryl methyl sites for hydroxylation is 3. The molecule has 0 unspecified atom stereocenters. The number of hydrogen-bond donors (Lipinski definition) is 0. The quantitative estimate of drug-likeness (QED) is 0.600. The highest BCUT2D eigenvalue weighted by Crippen LogP contribution is 2.13. The Hall–Kier alpha value is -2.08. The molecule has 0 bridgehead atoms. The molecule has 0 atom stereocenters. The highest BCUT2D eigenvalue weighted by molar-refractivity contribution is 5.34. The van der Waals surface area contributed by atoms with E-state index in [1.165, 1.54) is 33.4 Å². The zero-order valence-electron chi connectivity index (χ0n) is 14.4. The Morgan fingerprint density at radius 2 is 1.45 bits per heavy atom. The molecular formula is C22H28. The summed E-state index contributed by atoms with van der Waals surface area (Å²) in [5.74, 6) is 0. The topological polar surface area (TPSA) is 0 Å². The van der Waals surface area contributed by atoms with Crippen LogP contribution in [0.15, 0.2) is 61.7 Å². The van der Waals surface area contributed by atoms with Crippen molar-refractivity contribution in [3.8, 4) is 0 Å². The van der Waals surface area contributed by atoms with E-state index in [4.69, 9.17) is 0 Å². The van der Waals surface area contributed by atoms with E-state index in [-0.39, 0.29) is 0 Å². The van der Waals surface area contributed by atoms with Gasteiger partial charge in [0, 0.05) is 0 Å². The minimum Gasteiger partial charge on any atom is -0.103 e. The first-order valence-electron chi connectivity index (χ1n) is 7.82. The highest BCUT2D eigenvalue weighted by Gasteiger charge is 1.96. The fourth-order valence-electron chi connectivity index (χ4n) is 2.29. The summed E-state index contributed by atoms with van der Waals surface area (Å²) in [6.45, 7) is 16.0. The molecule has 0 aliphatic carbocycles. The molecule has 2 aromatic carbocycles. The van der Waals surface area contributed by atoms with Crippen molar-refractivity contribution in [1.82, 2.24) is 0 Å². The van der Waals surface area contributed by atoms with Crippen LogP contribution in [0.25, 0.3) is 0 Å². The average molecular weight is 292 g/mol. The third-order valence-electron chi connectivity index (χ3n) is 4.03. The Labute approximate surface area is 136 Å². The first kappa shape index (κ1) is 18.0. The van der Waals surface area contributed by atoms with E-state index in [1.54, 1.807) is 0 Å². The number of benzene rings is 2. The highest BCUT2D eigenvalue weighted by atomic mass is 14.0. The molecule has 0 saturated heterocycles. The average Bonchev–Trinajstić information content (AvgIpc) is 2.49. The molecule has 22 heavy (non-hydrogen) atoms. The van der Waals surface area contributed by atoms with E-state index >= 15 is 0 Å². The van der Waals surface area contributed by atoms with Crippen molar-refractivity contribution in [3.63, 3.8) is 0 Å². The van der Waals surface area contributed by atoms with Crippen LogP contribution in [0.3, 0.4) is 0 Å². The molecule has 2 rings (SSSR count). The van der Waals surface area contributed by atoms with Crippen LogP contribution in [0.4, 0.5) is 0 Å². The summed E-state index contributed by atoms with van der Waals surface area (Å²) in [6.07, 6.45) is 5.83. The third-order valence-corrected chi connectivity index (χ3v) is 4.03. The zero-order chi connectivity index (χ0) is 16.5. The summed E-state index contributed by atoms with van der Waals surface area (Å²) in [4.78, 5) is 0. The normalized spacial score (nSPS) is 9.64. The molecule has 0 radical (unpaired) electrons. The standard InChI is InChI=1S/2C11H14/c1-4-6-11-8-5-7-9(2)10(11)3;1-4-5-11-7-6-9(2)10(3)8-11/h4-5,7-8H,1,6H2,2-3H3;4,6-8H,1,5H2,2-3H3. The molecule has 0 nitrogen and oxygen atoms in total. The van der Waals surface area contributed by atoms with E-state index in [1.807, 2.05) is 12.2 Å². The smallest absolute Gasteiger partial charge is 0.00974 e. The van der Waals surface area contributed by atoms with Gasteiger partial charge in [0.15, 0.2) is 0 Å². The van der Waals surface area contributed by atoms with Crippen molar-refractivity contribution in [2.75, 3.05) is 0 Å². The predicted molar refractivity (Wildman–Crippen MR) is 99.6 cm³/mol. The van der Waals surface area contributed by atoms with Crippen molar-refractivity contribution in [2.45, 2.75) is 40.5 Å². The summed E-state index contributed by atoms with van der Waals surface area (Å²) < 4.78 is 0. The molecule has 0 saturated carbocycles. The van der Waals surface area contributed by atoms with Crippen LogP contribution < -0.4 is 0 Å². The molecule has 0 spiro atoms. The minimum absolute atomic E-state index is 0.973. The lowest BCUT2D eigenvalue weighted by molar-refractivity contribution is 1.18. The fourth-order valence-corrected chi connectivity index (χ4v) is 2.29. The van der Waals surface area contributed by atoms with Crippen LogP contribution in [0.2, 0.25) is 0 Å². The van der Waals surface area contributed by atoms with Crippen LogP contribution in [0, 0.1) is 27.7 Å². The van der Waals surface area contributed by atoms with Crippen molar-refractivity contribution >= 4 is 0 Å². The number of rotatable bonds is 4. The van der Waals surface area contributed by atoms with Gasteiger partial charge in [0.25, 0.3) is 0 Å². The van der Waals surface area contributed by atoms with Gasteiger partial charge < -0.3 is 0 Å². The maximum atomic E-state index is 3.73. The molecule has 0 N–H and O–H groups in total. The van der Waals surface area contributed by atoms with E-state index in [2.05, 4.69) is 77.3 Å². The van der Waals surface area contributed by atoms with E-state index in [0.717, 1.165) is 12.8 Å². The maximum Gasteiger partial charge on any atom is -0.00974 e. The SMILES string of the molecule is C=CCc1ccc(C)c(C)c1.C=CCc1cccc(C)c1C. The number of allylic oxidation sites excluding steroid dienone is 2. The lowest BCUT2D eigenvalue weighted by atomic mass is 10.0. The van der Waals surface area contributed by atoms with Gasteiger partial charge in [-0.25, -0.2) is 0 Å². The second-order valence-electron chi connectivity index (χ2n) is 5.76. The van der Waals surface area contributed by atoms with Crippen molar-refractivity contribution in [3.05, 3.63) is 95.1 Å². The molecule has 2 aromatic rings. The largest absolute Gasteiger partial charge is 0.103 e. The zero-order valence-corrected chi connectivity index (χ0v) is 14.4. The van der Waals surface area contributed by atoms with Gasteiger partial charge in [-0.3, -0.25) is 0 Å². The van der Waals surface area contributed by atoms with Crippen molar-refractivity contribution in [2.24, 2.45) is 0 Å². The fraction of sp³-hybridized carbons (Fsp3) is 0.273. The summed E-state index contributed by atoms with van der Waals surface area (Å²) in [5.41, 5.74) is 8.22. The Bertz CT molecular complexity index is 632. The van der Waals surface area contributed by atoms with Gasteiger partial charge >= 0.3 is 0 Å². The molecular weight excluding hydrogens is 264 g/mol. The molecule has 0 aliphatic rings. The molecule has 0 heterocycles. The van der Waals surface area contributed by atoms with Gasteiger partial charge in [0.05, 0.1) is 0 Å². The second kappa shape index (κ2) is 9.04. The summed E-state index contributed by atoms with van der Waals surface area (Å²) in [6, 6.07) is 12.9. The van der Waals surface area contributed by atoms with Gasteiger partial charge in [-0.05, 0) is 73.9 Å². The van der Waals surface area contributed by atoms with Crippen LogP contribution in [-0.2, 0) is 12.8 Å². The summed E-state index contributed by atoms with van der Waals surface area (Å²) in [5, 5.41) is 0. The first-order chi connectivity index (χ1) is 10.5. The van der Waals surface area contributed by atoms with Crippen LogP contribution in [0.5, 0.6) is 0 Å². The molecule has 0 heteroatoms. The summed E-state index contributed by atoms with van der Waals surface area (Å²) in [7, 11) is 0. The minimum atomic E-state index is 0.973. The second-order valence-corrected chi connectivity index (χ2v) is 5.76. The van der Waals surface area contributed by atoms with Gasteiger partial charge in [0.1, 0.15) is 0 Å². The van der Waals surface area contributed by atoms with Crippen molar-refractivity contribution < 1.29 is 0 Å². The monoisotopic (exact) mass is 292 g/mol. The van der Waals surface area contributed by atoms with Crippen LogP contribution in [-0.4, -0.2) is 0 Å². The van der Waals surface area contributed by atoms with Crippen molar-refractivity contribution in [1.29, 1.82) is 0 Å². The lowest BCUT2D eigenvalue weighted by Crippen LogP contribution is -1.88. The molecule has 0 aliphatic heterocycles. The predicted octanol–water partition coefficient (Wildman–Crippen LogP) is 6.06. The van der Waals surface area contributed by atoms with E-state index in [9.17, 15) is 0 Å². The van der Waals surface area contributed by atoms with Gasteiger partial charge in [-0.15, -0.1) is 13.2 Å². The Morgan fingerprint density at radius 1 is 0.773 bits per heavy atom. The first-order valence-corrected chi connectivity index (χ1v) is 7.82. The number of hydrogen-bond acceptors (Lipinski definition) is 0. The molecule has 0 fully saturated rings. The Morgan fingerprint density at radius 3 is 2.05 bits per heavy atom. The van der Waals surface area contributed by atoms with Gasteiger partial charge in [0.2, 0.25) is 0 Å². The molecule has 0 amide bonds. The Balaban J connectivity index is 0.000000220.